The smallest absolute Gasteiger partial charge is 0.141 e. The van der Waals surface area contributed by atoms with E-state index < -0.39 is 0 Å². The van der Waals surface area contributed by atoms with E-state index in [0.717, 1.165) is 27.7 Å². The van der Waals surface area contributed by atoms with Crippen LogP contribution in [0, 0.1) is 11.3 Å². The molecular weight excluding hydrogens is 282 g/mol. The minimum Gasteiger partial charge on any atom is -0.495 e. The molecule has 0 saturated carbocycles. The van der Waals surface area contributed by atoms with Gasteiger partial charge in [0, 0.05) is 18.0 Å². The zero-order chi connectivity index (χ0) is 15.2. The summed E-state index contributed by atoms with van der Waals surface area (Å²) in [7, 11) is 5.77. The Labute approximate surface area is 129 Å². The molecule has 1 aromatic carbocycles. The van der Waals surface area contributed by atoms with Gasteiger partial charge in [0.1, 0.15) is 16.7 Å². The maximum absolute atomic E-state index is 8.85. The Balaban J connectivity index is 2.11. The Kier molecular flexibility index (Phi) is 5.20. The van der Waals surface area contributed by atoms with Crippen molar-refractivity contribution in [3.8, 4) is 11.8 Å². The number of benzene rings is 1. The Morgan fingerprint density at radius 1 is 1.29 bits per heavy atom. The van der Waals surface area contributed by atoms with Gasteiger partial charge in [-0.3, -0.25) is 0 Å². The largest absolute Gasteiger partial charge is 0.495 e. The van der Waals surface area contributed by atoms with Crippen molar-refractivity contribution in [3.63, 3.8) is 0 Å². The van der Waals surface area contributed by atoms with E-state index in [2.05, 4.69) is 28.4 Å². The highest BCUT2D eigenvalue weighted by molar-refractivity contribution is 7.12. The molecule has 1 aromatic heterocycles. The molecule has 110 valence electrons. The second-order valence-electron chi connectivity index (χ2n) is 5.00. The van der Waals surface area contributed by atoms with Crippen LogP contribution in [0.4, 0.5) is 5.69 Å². The molecule has 2 aromatic rings. The van der Waals surface area contributed by atoms with Crippen LogP contribution in [0.5, 0.6) is 5.75 Å². The molecule has 0 radical (unpaired) electrons. The number of anilines is 1. The van der Waals surface area contributed by atoms with Crippen molar-refractivity contribution in [1.29, 1.82) is 5.26 Å². The van der Waals surface area contributed by atoms with E-state index >= 15 is 0 Å². The summed E-state index contributed by atoms with van der Waals surface area (Å²) in [6.07, 6.45) is 0. The zero-order valence-corrected chi connectivity index (χ0v) is 13.3. The minimum atomic E-state index is 0.689. The molecule has 0 spiro atoms. The quantitative estimate of drug-likeness (QED) is 0.889. The van der Waals surface area contributed by atoms with Crippen LogP contribution >= 0.6 is 11.3 Å². The number of nitrogens with one attached hydrogen (secondary N) is 1. The fraction of sp³-hybridized carbons (Fsp3) is 0.312. The molecule has 0 aliphatic carbocycles. The van der Waals surface area contributed by atoms with Gasteiger partial charge in [0.2, 0.25) is 0 Å². The van der Waals surface area contributed by atoms with E-state index in [4.69, 9.17) is 10.00 Å². The molecule has 0 amide bonds. The second kappa shape index (κ2) is 7.11. The lowest BCUT2D eigenvalue weighted by Crippen LogP contribution is -2.11. The molecule has 1 N–H and O–H groups in total. The van der Waals surface area contributed by atoms with Crippen LogP contribution in [0.2, 0.25) is 0 Å². The fourth-order valence-corrected chi connectivity index (χ4v) is 2.82. The summed E-state index contributed by atoms with van der Waals surface area (Å²) >= 11 is 1.51. The Morgan fingerprint density at radius 2 is 2.10 bits per heavy atom. The van der Waals surface area contributed by atoms with Crippen molar-refractivity contribution in [2.75, 3.05) is 26.5 Å². The maximum atomic E-state index is 8.85. The Morgan fingerprint density at radius 3 is 2.71 bits per heavy atom. The summed E-state index contributed by atoms with van der Waals surface area (Å²) in [5.41, 5.74) is 2.20. The Bertz CT molecular complexity index is 643. The first-order chi connectivity index (χ1) is 10.1. The van der Waals surface area contributed by atoms with Crippen molar-refractivity contribution in [2.45, 2.75) is 13.1 Å². The van der Waals surface area contributed by atoms with Crippen molar-refractivity contribution in [1.82, 2.24) is 4.90 Å². The van der Waals surface area contributed by atoms with Gasteiger partial charge in [-0.05, 0) is 43.9 Å². The van der Waals surface area contributed by atoms with Crippen LogP contribution in [0.25, 0.3) is 0 Å². The van der Waals surface area contributed by atoms with Crippen LogP contribution in [-0.2, 0) is 13.1 Å². The summed E-state index contributed by atoms with van der Waals surface area (Å²) in [6, 6.07) is 12.2. The van der Waals surface area contributed by atoms with Crippen molar-refractivity contribution < 1.29 is 4.74 Å². The molecule has 0 bridgehead atoms. The highest BCUT2D eigenvalue weighted by Crippen LogP contribution is 2.27. The molecule has 0 aliphatic rings. The molecule has 4 nitrogen and oxygen atoms in total. The number of hydrogen-bond donors (Lipinski definition) is 1. The zero-order valence-electron chi connectivity index (χ0n) is 12.5. The van der Waals surface area contributed by atoms with Crippen molar-refractivity contribution >= 4 is 17.0 Å². The molecule has 0 atom stereocenters. The summed E-state index contributed by atoms with van der Waals surface area (Å²) in [4.78, 5) is 4.00. The highest BCUT2D eigenvalue weighted by Gasteiger charge is 2.06. The summed E-state index contributed by atoms with van der Waals surface area (Å²) in [5, 5.41) is 12.2. The molecule has 5 heteroatoms. The SMILES string of the molecule is COc1ccc(CN(C)C)cc1NCc1ccc(C#N)s1. The summed E-state index contributed by atoms with van der Waals surface area (Å²) in [6.45, 7) is 1.57. The molecule has 0 saturated heterocycles. The van der Waals surface area contributed by atoms with Crippen molar-refractivity contribution in [3.05, 3.63) is 45.6 Å². The predicted octanol–water partition coefficient (Wildman–Crippen LogP) is 3.30. The monoisotopic (exact) mass is 301 g/mol. The normalized spacial score (nSPS) is 10.4. The van der Waals surface area contributed by atoms with Gasteiger partial charge in [0.15, 0.2) is 0 Å². The van der Waals surface area contributed by atoms with Gasteiger partial charge in [-0.1, -0.05) is 6.07 Å². The van der Waals surface area contributed by atoms with E-state index in [-0.39, 0.29) is 0 Å². The van der Waals surface area contributed by atoms with E-state index in [1.807, 2.05) is 32.3 Å². The average Bonchev–Trinajstić information content (AvgIpc) is 2.92. The number of nitrogens with zero attached hydrogens (tertiary/aromatic N) is 2. The van der Waals surface area contributed by atoms with E-state index in [1.165, 1.54) is 16.9 Å². The van der Waals surface area contributed by atoms with Gasteiger partial charge >= 0.3 is 0 Å². The van der Waals surface area contributed by atoms with Gasteiger partial charge in [-0.2, -0.15) is 5.26 Å². The number of nitriles is 1. The lowest BCUT2D eigenvalue weighted by Gasteiger charge is -2.14. The van der Waals surface area contributed by atoms with Crippen LogP contribution < -0.4 is 10.1 Å². The number of methoxy groups -OCH3 is 1. The van der Waals surface area contributed by atoms with Gasteiger partial charge < -0.3 is 15.0 Å². The molecule has 2 rings (SSSR count). The molecule has 0 unspecified atom stereocenters. The first-order valence-electron chi connectivity index (χ1n) is 6.66. The maximum Gasteiger partial charge on any atom is 0.141 e. The summed E-state index contributed by atoms with van der Waals surface area (Å²) in [5.74, 6) is 0.828. The fourth-order valence-electron chi connectivity index (χ4n) is 2.07. The first kappa shape index (κ1) is 15.4. The van der Waals surface area contributed by atoms with E-state index in [1.54, 1.807) is 7.11 Å². The van der Waals surface area contributed by atoms with E-state index in [0.29, 0.717) is 6.54 Å². The number of ether oxygens (including phenoxy) is 1. The molecule has 0 aliphatic heterocycles. The van der Waals surface area contributed by atoms with Gasteiger partial charge in [0.25, 0.3) is 0 Å². The van der Waals surface area contributed by atoms with Crippen molar-refractivity contribution in [2.24, 2.45) is 0 Å². The number of hydrogen-bond acceptors (Lipinski definition) is 5. The van der Waals surface area contributed by atoms with Gasteiger partial charge in [0.05, 0.1) is 12.8 Å². The van der Waals surface area contributed by atoms with Crippen LogP contribution in [0.1, 0.15) is 15.3 Å². The van der Waals surface area contributed by atoms with Gasteiger partial charge in [-0.15, -0.1) is 11.3 Å². The van der Waals surface area contributed by atoms with E-state index in [9.17, 15) is 0 Å². The third kappa shape index (κ3) is 4.22. The Hall–Kier alpha value is -2.03. The van der Waals surface area contributed by atoms with Crippen LogP contribution in [0.15, 0.2) is 30.3 Å². The highest BCUT2D eigenvalue weighted by atomic mass is 32.1. The first-order valence-corrected chi connectivity index (χ1v) is 7.48. The van der Waals surface area contributed by atoms with Crippen LogP contribution in [0.3, 0.4) is 0 Å². The third-order valence-corrected chi connectivity index (χ3v) is 3.98. The molecule has 21 heavy (non-hydrogen) atoms. The predicted molar refractivity (Wildman–Crippen MR) is 86.7 cm³/mol. The topological polar surface area (TPSA) is 48.3 Å². The minimum absolute atomic E-state index is 0.689. The molecular formula is C16H19N3OS. The number of thiophene rings is 1. The molecule has 1 heterocycles. The number of rotatable bonds is 6. The lowest BCUT2D eigenvalue weighted by atomic mass is 10.1. The summed E-state index contributed by atoms with van der Waals surface area (Å²) < 4.78 is 5.40. The third-order valence-electron chi connectivity index (χ3n) is 2.99. The standard InChI is InChI=1S/C16H19N3OS/c1-19(2)11-12-4-7-16(20-3)15(8-12)18-10-14-6-5-13(9-17)21-14/h4-8,18H,10-11H2,1-3H3. The lowest BCUT2D eigenvalue weighted by molar-refractivity contribution is 0.400. The van der Waals surface area contributed by atoms with Crippen LogP contribution in [-0.4, -0.2) is 26.1 Å². The second-order valence-corrected chi connectivity index (χ2v) is 6.17. The molecule has 0 fully saturated rings. The van der Waals surface area contributed by atoms with Gasteiger partial charge in [-0.25, -0.2) is 0 Å². The average molecular weight is 301 g/mol.